The van der Waals surface area contributed by atoms with Crippen molar-refractivity contribution in [3.8, 4) is 0 Å². The minimum absolute atomic E-state index is 0.169. The lowest BCUT2D eigenvalue weighted by atomic mass is 10.2. The Hall–Kier alpha value is -0.960. The Kier molecular flexibility index (Phi) is 5.96. The molecule has 8 heteroatoms. The lowest BCUT2D eigenvalue weighted by molar-refractivity contribution is 0.0526. The molecule has 22 heavy (non-hydrogen) atoms. The summed E-state index contributed by atoms with van der Waals surface area (Å²) in [6, 6.07) is 4.41. The average Bonchev–Trinajstić information content (AvgIpc) is 2.76. The molecule has 0 amide bonds. The van der Waals surface area contributed by atoms with Crippen molar-refractivity contribution in [2.75, 3.05) is 32.8 Å². The molecule has 0 atom stereocenters. The fourth-order valence-corrected chi connectivity index (χ4v) is 4.77. The van der Waals surface area contributed by atoms with Crippen LogP contribution in [0.2, 0.25) is 0 Å². The van der Waals surface area contributed by atoms with Crippen molar-refractivity contribution in [2.45, 2.75) is 18.2 Å². The van der Waals surface area contributed by atoms with Crippen LogP contribution in [0.4, 0.5) is 0 Å². The van der Waals surface area contributed by atoms with Gasteiger partial charge in [0.25, 0.3) is 0 Å². The molecule has 0 aliphatic carbocycles. The van der Waals surface area contributed by atoms with Crippen LogP contribution >= 0.6 is 15.9 Å². The highest BCUT2D eigenvalue weighted by molar-refractivity contribution is 9.10. The molecule has 0 unspecified atom stereocenters. The number of carbonyl (C=O) groups is 1. The van der Waals surface area contributed by atoms with Gasteiger partial charge in [-0.05, 0) is 54.0 Å². The zero-order chi connectivity index (χ0) is 16.2. The maximum Gasteiger partial charge on any atom is 0.338 e. The average molecular weight is 391 g/mol. The first-order valence-electron chi connectivity index (χ1n) is 7.14. The smallest absolute Gasteiger partial charge is 0.338 e. The number of nitrogens with zero attached hydrogens (tertiary/aromatic N) is 1. The van der Waals surface area contributed by atoms with Crippen molar-refractivity contribution in [3.05, 3.63) is 28.2 Å². The Labute approximate surface area is 139 Å². The van der Waals surface area contributed by atoms with E-state index >= 15 is 0 Å². The van der Waals surface area contributed by atoms with Crippen molar-refractivity contribution in [3.63, 3.8) is 0 Å². The van der Waals surface area contributed by atoms with Crippen molar-refractivity contribution < 1.29 is 17.9 Å². The summed E-state index contributed by atoms with van der Waals surface area (Å²) in [5.74, 6) is -0.467. The summed E-state index contributed by atoms with van der Waals surface area (Å²) in [7, 11) is -3.58. The zero-order valence-corrected chi connectivity index (χ0v) is 14.7. The van der Waals surface area contributed by atoms with Gasteiger partial charge in [0.1, 0.15) is 0 Å². The second-order valence-corrected chi connectivity index (χ2v) is 7.63. The normalized spacial score (nSPS) is 17.0. The van der Waals surface area contributed by atoms with Crippen LogP contribution in [-0.4, -0.2) is 51.5 Å². The van der Waals surface area contributed by atoms with Crippen LogP contribution in [0.25, 0.3) is 0 Å². The van der Waals surface area contributed by atoms with Gasteiger partial charge in [0, 0.05) is 24.1 Å². The molecular formula is C14H19BrN2O4S. The quantitative estimate of drug-likeness (QED) is 0.790. The third-order valence-electron chi connectivity index (χ3n) is 3.36. The van der Waals surface area contributed by atoms with Crippen LogP contribution < -0.4 is 5.32 Å². The largest absolute Gasteiger partial charge is 0.462 e. The second kappa shape index (κ2) is 7.54. The highest BCUT2D eigenvalue weighted by Gasteiger charge is 2.27. The van der Waals surface area contributed by atoms with Crippen LogP contribution in [0, 0.1) is 0 Å². The molecule has 1 fully saturated rings. The fraction of sp³-hybridized carbons (Fsp3) is 0.500. The van der Waals surface area contributed by atoms with Gasteiger partial charge in [0.2, 0.25) is 10.0 Å². The van der Waals surface area contributed by atoms with Crippen LogP contribution in [0.15, 0.2) is 27.6 Å². The van der Waals surface area contributed by atoms with E-state index in [1.807, 2.05) is 0 Å². The lowest BCUT2D eigenvalue weighted by Crippen LogP contribution is -2.34. The molecule has 6 nitrogen and oxygen atoms in total. The molecule has 1 saturated heterocycles. The number of carbonyl (C=O) groups excluding carboxylic acids is 1. The number of ether oxygens (including phenoxy) is 1. The molecule has 0 spiro atoms. The number of rotatable bonds is 4. The molecule has 1 aliphatic heterocycles. The molecule has 0 bridgehead atoms. The molecule has 1 heterocycles. The van der Waals surface area contributed by atoms with Gasteiger partial charge in [-0.25, -0.2) is 13.2 Å². The Morgan fingerprint density at radius 2 is 2.14 bits per heavy atom. The van der Waals surface area contributed by atoms with Crippen molar-refractivity contribution >= 4 is 31.9 Å². The third kappa shape index (κ3) is 3.87. The molecule has 0 saturated carbocycles. The lowest BCUT2D eigenvalue weighted by Gasteiger charge is -2.20. The summed E-state index contributed by atoms with van der Waals surface area (Å²) >= 11 is 3.26. The highest BCUT2D eigenvalue weighted by atomic mass is 79.9. The number of hydrogen-bond acceptors (Lipinski definition) is 5. The van der Waals surface area contributed by atoms with E-state index in [4.69, 9.17) is 4.74 Å². The van der Waals surface area contributed by atoms with Crippen LogP contribution in [0.1, 0.15) is 23.7 Å². The van der Waals surface area contributed by atoms with Crippen molar-refractivity contribution in [2.24, 2.45) is 0 Å². The highest BCUT2D eigenvalue weighted by Crippen LogP contribution is 2.27. The van der Waals surface area contributed by atoms with Gasteiger partial charge < -0.3 is 10.1 Å². The van der Waals surface area contributed by atoms with Gasteiger partial charge in [-0.1, -0.05) is 0 Å². The van der Waals surface area contributed by atoms with E-state index in [2.05, 4.69) is 21.2 Å². The predicted octanol–water partition coefficient (Wildman–Crippen LogP) is 1.61. The minimum Gasteiger partial charge on any atom is -0.462 e. The van der Waals surface area contributed by atoms with E-state index in [0.29, 0.717) is 29.7 Å². The molecular weight excluding hydrogens is 372 g/mol. The Bertz CT molecular complexity index is 640. The standard InChI is InChI=1S/C14H19BrN2O4S/c1-2-21-14(18)11-4-5-13(12(15)10-11)22(19,20)17-8-3-6-16-7-9-17/h4-5,10,16H,2-3,6-9H2,1H3. The van der Waals surface area contributed by atoms with Gasteiger partial charge >= 0.3 is 5.97 Å². The van der Waals surface area contributed by atoms with Gasteiger partial charge in [-0.3, -0.25) is 0 Å². The van der Waals surface area contributed by atoms with E-state index in [1.54, 1.807) is 6.92 Å². The van der Waals surface area contributed by atoms with Crippen LogP contribution in [0.3, 0.4) is 0 Å². The monoisotopic (exact) mass is 390 g/mol. The fourth-order valence-electron chi connectivity index (χ4n) is 2.25. The van der Waals surface area contributed by atoms with Crippen molar-refractivity contribution in [1.82, 2.24) is 9.62 Å². The number of halogens is 1. The van der Waals surface area contributed by atoms with E-state index in [0.717, 1.165) is 13.0 Å². The SMILES string of the molecule is CCOC(=O)c1ccc(S(=O)(=O)N2CCCNCC2)c(Br)c1. The van der Waals surface area contributed by atoms with Gasteiger partial charge in [-0.2, -0.15) is 4.31 Å². The molecule has 0 aromatic heterocycles. The number of sulfonamides is 1. The predicted molar refractivity (Wildman–Crippen MR) is 86.3 cm³/mol. The van der Waals surface area contributed by atoms with Gasteiger partial charge in [0.15, 0.2) is 0 Å². The molecule has 0 radical (unpaired) electrons. The van der Waals surface area contributed by atoms with Crippen LogP contribution in [-0.2, 0) is 14.8 Å². The zero-order valence-electron chi connectivity index (χ0n) is 12.3. The molecule has 1 aromatic rings. The number of benzene rings is 1. The summed E-state index contributed by atoms with van der Waals surface area (Å²) < 4.78 is 32.2. The Morgan fingerprint density at radius 3 is 2.82 bits per heavy atom. The summed E-state index contributed by atoms with van der Waals surface area (Å²) in [5, 5.41) is 3.17. The third-order valence-corrected chi connectivity index (χ3v) is 6.24. The number of esters is 1. The van der Waals surface area contributed by atoms with Crippen LogP contribution in [0.5, 0.6) is 0 Å². The summed E-state index contributed by atoms with van der Waals surface area (Å²) in [4.78, 5) is 11.9. The number of hydrogen-bond donors (Lipinski definition) is 1. The number of nitrogens with one attached hydrogen (secondary N) is 1. The molecule has 2 rings (SSSR count). The first-order chi connectivity index (χ1) is 10.5. The van der Waals surface area contributed by atoms with E-state index in [-0.39, 0.29) is 11.5 Å². The Balaban J connectivity index is 2.29. The molecule has 1 aromatic carbocycles. The maximum absolute atomic E-state index is 12.7. The molecule has 1 N–H and O–H groups in total. The minimum atomic E-state index is -3.58. The molecule has 1 aliphatic rings. The van der Waals surface area contributed by atoms with E-state index < -0.39 is 16.0 Å². The van der Waals surface area contributed by atoms with Gasteiger partial charge in [0.05, 0.1) is 17.1 Å². The summed E-state index contributed by atoms with van der Waals surface area (Å²) in [5.41, 5.74) is 0.324. The summed E-state index contributed by atoms with van der Waals surface area (Å²) in [6.07, 6.45) is 0.776. The first-order valence-corrected chi connectivity index (χ1v) is 9.37. The topological polar surface area (TPSA) is 75.7 Å². The van der Waals surface area contributed by atoms with E-state index in [1.165, 1.54) is 22.5 Å². The first kappa shape index (κ1) is 17.4. The summed E-state index contributed by atoms with van der Waals surface area (Å²) in [6.45, 7) is 4.37. The Morgan fingerprint density at radius 1 is 1.36 bits per heavy atom. The second-order valence-electron chi connectivity index (χ2n) is 4.87. The van der Waals surface area contributed by atoms with E-state index in [9.17, 15) is 13.2 Å². The van der Waals surface area contributed by atoms with Crippen molar-refractivity contribution in [1.29, 1.82) is 0 Å². The van der Waals surface area contributed by atoms with Gasteiger partial charge in [-0.15, -0.1) is 0 Å². The molecule has 122 valence electrons. The maximum atomic E-state index is 12.7.